The fourth-order valence-corrected chi connectivity index (χ4v) is 4.27. The molecule has 0 aliphatic carbocycles. The van der Waals surface area contributed by atoms with Crippen LogP contribution in [0.25, 0.3) is 0 Å². The molecular weight excluding hydrogens is 370 g/mol. The van der Waals surface area contributed by atoms with Crippen LogP contribution in [0.3, 0.4) is 0 Å². The summed E-state index contributed by atoms with van der Waals surface area (Å²) in [5.41, 5.74) is 1.84. The second-order valence-electron chi connectivity index (χ2n) is 7.62. The van der Waals surface area contributed by atoms with Crippen molar-refractivity contribution in [3.63, 3.8) is 0 Å². The molecule has 29 heavy (non-hydrogen) atoms. The summed E-state index contributed by atoms with van der Waals surface area (Å²) in [6.07, 6.45) is 0.228. The number of hydrogen-bond acceptors (Lipinski definition) is 6. The molecule has 7 nitrogen and oxygen atoms in total. The van der Waals surface area contributed by atoms with E-state index < -0.39 is 0 Å². The lowest BCUT2D eigenvalue weighted by Crippen LogP contribution is -2.52. The molecule has 0 spiro atoms. The normalized spacial score (nSPS) is 22.5. The summed E-state index contributed by atoms with van der Waals surface area (Å²) in [6.45, 7) is 4.41. The predicted octanol–water partition coefficient (Wildman–Crippen LogP) is 1.86. The van der Waals surface area contributed by atoms with Gasteiger partial charge < -0.3 is 9.47 Å². The number of carbonyl (C=O) groups excluding carboxylic acids is 2. The van der Waals surface area contributed by atoms with Crippen molar-refractivity contribution in [2.45, 2.75) is 19.0 Å². The number of anilines is 1. The van der Waals surface area contributed by atoms with Crippen LogP contribution in [0.5, 0.6) is 11.5 Å². The minimum atomic E-state index is -0.383. The molecular formula is C22H23N3O4. The van der Waals surface area contributed by atoms with Gasteiger partial charge in [-0.25, -0.2) is 4.90 Å². The number of ether oxygens (including phenoxy) is 2. The molecule has 5 rings (SSSR count). The van der Waals surface area contributed by atoms with E-state index in [4.69, 9.17) is 9.47 Å². The maximum absolute atomic E-state index is 13.1. The zero-order valence-corrected chi connectivity index (χ0v) is 16.1. The molecule has 2 saturated heterocycles. The fraction of sp³-hybridized carbons (Fsp3) is 0.364. The van der Waals surface area contributed by atoms with Crippen molar-refractivity contribution in [3.8, 4) is 11.5 Å². The highest BCUT2D eigenvalue weighted by Crippen LogP contribution is 2.37. The highest BCUT2D eigenvalue weighted by Gasteiger charge is 2.43. The van der Waals surface area contributed by atoms with Gasteiger partial charge in [-0.15, -0.1) is 0 Å². The Labute approximate surface area is 169 Å². The zero-order chi connectivity index (χ0) is 19.8. The molecule has 3 aliphatic heterocycles. The molecule has 0 N–H and O–H groups in total. The van der Waals surface area contributed by atoms with Gasteiger partial charge in [0, 0.05) is 38.8 Å². The van der Waals surface area contributed by atoms with Crippen LogP contribution in [0.15, 0.2) is 48.5 Å². The molecule has 0 aromatic heterocycles. The Morgan fingerprint density at radius 2 is 1.66 bits per heavy atom. The van der Waals surface area contributed by atoms with Crippen LogP contribution < -0.4 is 14.4 Å². The van der Waals surface area contributed by atoms with Gasteiger partial charge in [-0.1, -0.05) is 30.3 Å². The summed E-state index contributed by atoms with van der Waals surface area (Å²) in [7, 11) is 0. The molecule has 0 radical (unpaired) electrons. The molecule has 2 aromatic carbocycles. The van der Waals surface area contributed by atoms with Gasteiger partial charge in [0.15, 0.2) is 11.5 Å². The zero-order valence-electron chi connectivity index (χ0n) is 16.1. The van der Waals surface area contributed by atoms with Crippen LogP contribution in [0.2, 0.25) is 0 Å². The van der Waals surface area contributed by atoms with Gasteiger partial charge in [0.25, 0.3) is 5.91 Å². The number of fused-ring (bicyclic) bond motifs is 1. The van der Waals surface area contributed by atoms with E-state index in [2.05, 4.69) is 34.1 Å². The Morgan fingerprint density at radius 3 is 2.45 bits per heavy atom. The van der Waals surface area contributed by atoms with Crippen molar-refractivity contribution in [2.75, 3.05) is 37.9 Å². The van der Waals surface area contributed by atoms with Crippen molar-refractivity contribution in [1.29, 1.82) is 0 Å². The van der Waals surface area contributed by atoms with Crippen molar-refractivity contribution in [2.24, 2.45) is 0 Å². The maximum Gasteiger partial charge on any atom is 0.251 e. The predicted molar refractivity (Wildman–Crippen MR) is 107 cm³/mol. The number of rotatable bonds is 4. The minimum absolute atomic E-state index is 0.148. The molecule has 3 heterocycles. The highest BCUT2D eigenvalue weighted by atomic mass is 16.7. The van der Waals surface area contributed by atoms with Gasteiger partial charge in [-0.2, -0.15) is 0 Å². The van der Waals surface area contributed by atoms with E-state index in [0.29, 0.717) is 17.2 Å². The third-order valence-electron chi connectivity index (χ3n) is 5.83. The van der Waals surface area contributed by atoms with Crippen LogP contribution in [0.4, 0.5) is 5.69 Å². The first kappa shape index (κ1) is 18.1. The van der Waals surface area contributed by atoms with Gasteiger partial charge in [-0.3, -0.25) is 19.4 Å². The molecule has 0 bridgehead atoms. The number of imide groups is 1. The van der Waals surface area contributed by atoms with Crippen molar-refractivity contribution in [3.05, 3.63) is 54.1 Å². The minimum Gasteiger partial charge on any atom is -0.454 e. The lowest BCUT2D eigenvalue weighted by Gasteiger charge is -2.37. The topological polar surface area (TPSA) is 62.3 Å². The van der Waals surface area contributed by atoms with E-state index in [1.54, 1.807) is 18.2 Å². The molecule has 1 atom stereocenters. The summed E-state index contributed by atoms with van der Waals surface area (Å²) >= 11 is 0. The third-order valence-corrected chi connectivity index (χ3v) is 5.83. The SMILES string of the molecule is O=C1CC(N2CCN(Cc3ccccc3)CC2)C(=O)N1c1ccc2c(c1)OCO2. The number of piperazine rings is 1. The lowest BCUT2D eigenvalue weighted by atomic mass is 10.1. The first-order chi connectivity index (χ1) is 14.2. The number of amides is 2. The maximum atomic E-state index is 13.1. The van der Waals surface area contributed by atoms with Gasteiger partial charge in [0.1, 0.15) is 0 Å². The molecule has 0 saturated carbocycles. The van der Waals surface area contributed by atoms with Crippen LogP contribution >= 0.6 is 0 Å². The monoisotopic (exact) mass is 393 g/mol. The first-order valence-electron chi connectivity index (χ1n) is 9.96. The second kappa shape index (κ2) is 7.50. The van der Waals surface area contributed by atoms with Gasteiger partial charge >= 0.3 is 0 Å². The van der Waals surface area contributed by atoms with E-state index in [1.807, 2.05) is 6.07 Å². The fourth-order valence-electron chi connectivity index (χ4n) is 4.27. The van der Waals surface area contributed by atoms with E-state index in [9.17, 15) is 9.59 Å². The van der Waals surface area contributed by atoms with E-state index in [1.165, 1.54) is 10.5 Å². The Hall–Kier alpha value is -2.90. The summed E-state index contributed by atoms with van der Waals surface area (Å²) < 4.78 is 10.7. The van der Waals surface area contributed by atoms with Gasteiger partial charge in [0.2, 0.25) is 12.7 Å². The Morgan fingerprint density at radius 1 is 0.897 bits per heavy atom. The van der Waals surface area contributed by atoms with Crippen LogP contribution in [-0.4, -0.2) is 60.6 Å². The van der Waals surface area contributed by atoms with Crippen LogP contribution in [0, 0.1) is 0 Å². The van der Waals surface area contributed by atoms with Gasteiger partial charge in [-0.05, 0) is 17.7 Å². The molecule has 1 unspecified atom stereocenters. The molecule has 150 valence electrons. The molecule has 2 fully saturated rings. The molecule has 2 amide bonds. The smallest absolute Gasteiger partial charge is 0.251 e. The molecule has 7 heteroatoms. The van der Waals surface area contributed by atoms with Gasteiger partial charge in [0.05, 0.1) is 18.2 Å². The number of nitrogens with zero attached hydrogens (tertiary/aromatic N) is 3. The van der Waals surface area contributed by atoms with E-state index >= 15 is 0 Å². The Balaban J connectivity index is 1.24. The van der Waals surface area contributed by atoms with Crippen molar-refractivity contribution < 1.29 is 19.1 Å². The second-order valence-corrected chi connectivity index (χ2v) is 7.62. The van der Waals surface area contributed by atoms with E-state index in [-0.39, 0.29) is 31.1 Å². The summed E-state index contributed by atoms with van der Waals surface area (Å²) in [6, 6.07) is 15.2. The molecule has 2 aromatic rings. The average molecular weight is 393 g/mol. The summed E-state index contributed by atoms with van der Waals surface area (Å²) in [5, 5.41) is 0. The molecule has 3 aliphatic rings. The highest BCUT2D eigenvalue weighted by molar-refractivity contribution is 6.22. The summed E-state index contributed by atoms with van der Waals surface area (Å²) in [4.78, 5) is 31.5. The average Bonchev–Trinajstić information content (AvgIpc) is 3.32. The number of hydrogen-bond donors (Lipinski definition) is 0. The van der Waals surface area contributed by atoms with Crippen molar-refractivity contribution in [1.82, 2.24) is 9.80 Å². The number of benzene rings is 2. The largest absolute Gasteiger partial charge is 0.454 e. The van der Waals surface area contributed by atoms with Crippen molar-refractivity contribution >= 4 is 17.5 Å². The lowest BCUT2D eigenvalue weighted by molar-refractivity contribution is -0.123. The third kappa shape index (κ3) is 3.47. The first-order valence-corrected chi connectivity index (χ1v) is 9.96. The Bertz CT molecular complexity index is 925. The summed E-state index contributed by atoms with van der Waals surface area (Å²) in [5.74, 6) is 0.899. The standard InChI is InChI=1S/C22H23N3O4/c26-21-13-18(22(27)25(21)17-6-7-19-20(12-17)29-15-28-19)24-10-8-23(9-11-24)14-16-4-2-1-3-5-16/h1-7,12,18H,8-11,13-15H2. The number of carbonyl (C=O) groups is 2. The van der Waals surface area contributed by atoms with E-state index in [0.717, 1.165) is 32.7 Å². The van der Waals surface area contributed by atoms with Crippen LogP contribution in [-0.2, 0) is 16.1 Å². The quantitative estimate of drug-likeness (QED) is 0.739. The van der Waals surface area contributed by atoms with Crippen LogP contribution in [0.1, 0.15) is 12.0 Å². The Kier molecular flexibility index (Phi) is 4.69.